The lowest BCUT2D eigenvalue weighted by atomic mass is 10.1. The van der Waals surface area contributed by atoms with Crippen molar-refractivity contribution in [2.24, 2.45) is 17.3 Å². The van der Waals surface area contributed by atoms with Crippen molar-refractivity contribution in [1.29, 1.82) is 0 Å². The number of hydrogen-bond acceptors (Lipinski definition) is 4. The van der Waals surface area contributed by atoms with Crippen LogP contribution in [0.1, 0.15) is 27.2 Å². The van der Waals surface area contributed by atoms with Crippen molar-refractivity contribution in [3.8, 4) is 0 Å². The molecule has 6 heteroatoms. The third-order valence-corrected chi connectivity index (χ3v) is 3.69. The average Bonchev–Trinajstić information content (AvgIpc) is 2.88. The number of carbonyl (C=O) groups is 3. The van der Waals surface area contributed by atoms with Crippen molar-refractivity contribution >= 4 is 17.8 Å². The summed E-state index contributed by atoms with van der Waals surface area (Å²) in [6.07, 6.45) is 0.126. The second kappa shape index (κ2) is 5.59. The number of amides is 1. The van der Waals surface area contributed by atoms with Crippen LogP contribution in [0.5, 0.6) is 0 Å². The Morgan fingerprint density at radius 3 is 2.26 bits per heavy atom. The van der Waals surface area contributed by atoms with E-state index >= 15 is 0 Å². The molecule has 0 radical (unpaired) electrons. The largest absolute Gasteiger partial charge is 0.481 e. The van der Waals surface area contributed by atoms with Crippen molar-refractivity contribution in [2.45, 2.75) is 27.2 Å². The Hall–Kier alpha value is -1.59. The Balaban J connectivity index is 2.50. The van der Waals surface area contributed by atoms with Crippen LogP contribution in [-0.4, -0.2) is 48.1 Å². The van der Waals surface area contributed by atoms with Gasteiger partial charge in [-0.15, -0.1) is 0 Å². The van der Waals surface area contributed by atoms with E-state index in [1.807, 2.05) is 0 Å². The second-order valence-electron chi connectivity index (χ2n) is 5.43. The molecule has 6 nitrogen and oxygen atoms in total. The van der Waals surface area contributed by atoms with Gasteiger partial charge in [-0.1, -0.05) is 13.8 Å². The quantitative estimate of drug-likeness (QED) is 0.721. The summed E-state index contributed by atoms with van der Waals surface area (Å²) >= 11 is 0. The van der Waals surface area contributed by atoms with E-state index in [0.717, 1.165) is 0 Å². The first-order valence-corrected chi connectivity index (χ1v) is 6.36. The summed E-state index contributed by atoms with van der Waals surface area (Å²) in [4.78, 5) is 35.7. The number of carbonyl (C=O) groups excluding carboxylic acids is 2. The number of carboxylic acids is 1. The molecule has 1 N–H and O–H groups in total. The molecule has 0 aromatic carbocycles. The van der Waals surface area contributed by atoms with E-state index in [1.165, 1.54) is 4.90 Å². The first-order valence-electron chi connectivity index (χ1n) is 6.36. The minimum absolute atomic E-state index is 0.126. The summed E-state index contributed by atoms with van der Waals surface area (Å²) in [5.41, 5.74) is -0.513. The Kier molecular flexibility index (Phi) is 4.55. The zero-order chi connectivity index (χ0) is 14.8. The van der Waals surface area contributed by atoms with Crippen LogP contribution in [-0.2, 0) is 19.1 Å². The minimum atomic E-state index is -0.942. The van der Waals surface area contributed by atoms with Gasteiger partial charge in [-0.3, -0.25) is 14.4 Å². The molecule has 1 aliphatic carbocycles. The van der Waals surface area contributed by atoms with Crippen LogP contribution in [0, 0.1) is 17.3 Å². The number of rotatable bonds is 6. The zero-order valence-corrected chi connectivity index (χ0v) is 11.8. The molecule has 19 heavy (non-hydrogen) atoms. The maximum Gasteiger partial charge on any atom is 0.307 e. The van der Waals surface area contributed by atoms with Gasteiger partial charge in [0, 0.05) is 13.6 Å². The standard InChI is InChI=1S/C13H21NO5/c1-5-19-8(15)6-7-14(4)11(16)9-10(12(17)18)13(9,2)3/h9-10H,5-7H2,1-4H3,(H,17,18). The summed E-state index contributed by atoms with van der Waals surface area (Å²) in [5.74, 6) is -2.65. The molecule has 0 spiro atoms. The van der Waals surface area contributed by atoms with Crippen LogP contribution in [0.2, 0.25) is 0 Å². The smallest absolute Gasteiger partial charge is 0.307 e. The second-order valence-corrected chi connectivity index (χ2v) is 5.43. The fraction of sp³-hybridized carbons (Fsp3) is 0.769. The predicted molar refractivity (Wildman–Crippen MR) is 67.3 cm³/mol. The van der Waals surface area contributed by atoms with E-state index in [-0.39, 0.29) is 24.8 Å². The van der Waals surface area contributed by atoms with Gasteiger partial charge < -0.3 is 14.7 Å². The van der Waals surface area contributed by atoms with Crippen LogP contribution in [0.25, 0.3) is 0 Å². The third kappa shape index (κ3) is 3.24. The molecule has 0 aromatic heterocycles. The maximum atomic E-state index is 12.1. The molecule has 1 fully saturated rings. The van der Waals surface area contributed by atoms with Crippen molar-refractivity contribution in [2.75, 3.05) is 20.2 Å². The number of carboxylic acid groups (broad SMARTS) is 1. The molecule has 0 aliphatic heterocycles. The molecular formula is C13H21NO5. The van der Waals surface area contributed by atoms with Crippen LogP contribution < -0.4 is 0 Å². The molecule has 0 aromatic rings. The predicted octanol–water partition coefficient (Wildman–Crippen LogP) is 0.755. The monoisotopic (exact) mass is 271 g/mol. The van der Waals surface area contributed by atoms with Crippen LogP contribution in [0.3, 0.4) is 0 Å². The van der Waals surface area contributed by atoms with Crippen molar-refractivity contribution in [1.82, 2.24) is 4.90 Å². The summed E-state index contributed by atoms with van der Waals surface area (Å²) in [6.45, 7) is 5.82. The van der Waals surface area contributed by atoms with E-state index in [1.54, 1.807) is 27.8 Å². The summed E-state index contributed by atoms with van der Waals surface area (Å²) in [7, 11) is 1.58. The average molecular weight is 271 g/mol. The molecule has 1 rings (SSSR count). The van der Waals surface area contributed by atoms with Gasteiger partial charge >= 0.3 is 11.9 Å². The maximum absolute atomic E-state index is 12.1. The van der Waals surface area contributed by atoms with Gasteiger partial charge in [0.15, 0.2) is 0 Å². The molecule has 108 valence electrons. The van der Waals surface area contributed by atoms with E-state index in [9.17, 15) is 14.4 Å². The van der Waals surface area contributed by atoms with Gasteiger partial charge in [-0.05, 0) is 12.3 Å². The van der Waals surface area contributed by atoms with E-state index in [0.29, 0.717) is 6.61 Å². The normalized spacial score (nSPS) is 23.6. The fourth-order valence-corrected chi connectivity index (χ4v) is 2.40. The highest BCUT2D eigenvalue weighted by Crippen LogP contribution is 2.58. The Morgan fingerprint density at radius 1 is 1.26 bits per heavy atom. The van der Waals surface area contributed by atoms with E-state index < -0.39 is 23.2 Å². The van der Waals surface area contributed by atoms with Crippen LogP contribution in [0.15, 0.2) is 0 Å². The lowest BCUT2D eigenvalue weighted by Crippen LogP contribution is -2.32. The summed E-state index contributed by atoms with van der Waals surface area (Å²) < 4.78 is 4.78. The van der Waals surface area contributed by atoms with Crippen molar-refractivity contribution in [3.05, 3.63) is 0 Å². The highest BCUT2D eigenvalue weighted by atomic mass is 16.5. The molecule has 1 aliphatic rings. The van der Waals surface area contributed by atoms with Crippen LogP contribution >= 0.6 is 0 Å². The van der Waals surface area contributed by atoms with Crippen molar-refractivity contribution < 1.29 is 24.2 Å². The Bertz CT molecular complexity index is 390. The van der Waals surface area contributed by atoms with Gasteiger partial charge in [0.25, 0.3) is 0 Å². The lowest BCUT2D eigenvalue weighted by Gasteiger charge is -2.17. The molecule has 0 saturated heterocycles. The molecule has 2 atom stereocenters. The highest BCUT2D eigenvalue weighted by molar-refractivity contribution is 5.91. The number of hydrogen-bond donors (Lipinski definition) is 1. The first kappa shape index (κ1) is 15.5. The first-order chi connectivity index (χ1) is 8.73. The van der Waals surface area contributed by atoms with Gasteiger partial charge in [-0.2, -0.15) is 0 Å². The number of ether oxygens (including phenoxy) is 1. The zero-order valence-electron chi connectivity index (χ0n) is 11.8. The van der Waals surface area contributed by atoms with Gasteiger partial charge in [0.2, 0.25) is 5.91 Å². The topological polar surface area (TPSA) is 83.9 Å². The molecule has 0 heterocycles. The number of aliphatic carboxylic acids is 1. The molecule has 1 saturated carbocycles. The number of esters is 1. The van der Waals surface area contributed by atoms with E-state index in [2.05, 4.69) is 0 Å². The SMILES string of the molecule is CCOC(=O)CCN(C)C(=O)C1C(C(=O)O)C1(C)C. The molecule has 1 amide bonds. The summed E-state index contributed by atoms with van der Waals surface area (Å²) in [5, 5.41) is 9.03. The van der Waals surface area contributed by atoms with Gasteiger partial charge in [0.1, 0.15) is 0 Å². The Labute approximate surface area is 112 Å². The minimum Gasteiger partial charge on any atom is -0.481 e. The molecular weight excluding hydrogens is 250 g/mol. The molecule has 0 bridgehead atoms. The lowest BCUT2D eigenvalue weighted by molar-refractivity contribution is -0.145. The Morgan fingerprint density at radius 2 is 1.84 bits per heavy atom. The van der Waals surface area contributed by atoms with Gasteiger partial charge in [-0.25, -0.2) is 0 Å². The van der Waals surface area contributed by atoms with Crippen LogP contribution in [0.4, 0.5) is 0 Å². The molecule has 2 unspecified atom stereocenters. The number of nitrogens with zero attached hydrogens (tertiary/aromatic N) is 1. The fourth-order valence-electron chi connectivity index (χ4n) is 2.40. The van der Waals surface area contributed by atoms with Crippen molar-refractivity contribution in [3.63, 3.8) is 0 Å². The van der Waals surface area contributed by atoms with Gasteiger partial charge in [0.05, 0.1) is 24.9 Å². The van der Waals surface area contributed by atoms with E-state index in [4.69, 9.17) is 9.84 Å². The highest BCUT2D eigenvalue weighted by Gasteiger charge is 2.66. The summed E-state index contributed by atoms with van der Waals surface area (Å²) in [6, 6.07) is 0. The third-order valence-electron chi connectivity index (χ3n) is 3.69.